The zero-order chi connectivity index (χ0) is 26.0. The van der Waals surface area contributed by atoms with Gasteiger partial charge in [-0.25, -0.2) is 4.79 Å². The van der Waals surface area contributed by atoms with Gasteiger partial charge in [0.25, 0.3) is 0 Å². The molecule has 7 nitrogen and oxygen atoms in total. The van der Waals surface area contributed by atoms with Crippen LogP contribution in [0.2, 0.25) is 5.02 Å². The first-order valence-corrected chi connectivity index (χ1v) is 12.2. The zero-order valence-electron chi connectivity index (χ0n) is 21.6. The summed E-state index contributed by atoms with van der Waals surface area (Å²) in [4.78, 5) is 26.3. The van der Waals surface area contributed by atoms with E-state index in [1.807, 2.05) is 58.2 Å². The Bertz CT molecular complexity index is 944. The van der Waals surface area contributed by atoms with E-state index in [4.69, 9.17) is 16.3 Å². The Morgan fingerprint density at radius 2 is 1.83 bits per heavy atom. The minimum atomic E-state index is -0.482. The number of carbonyl (C=O) groups excluding carboxylic acids is 2. The molecule has 2 unspecified atom stereocenters. The Balaban J connectivity index is 0.000000784. The van der Waals surface area contributed by atoms with Crippen LogP contribution in [0, 0.1) is 0 Å². The molecule has 1 N–H and O–H groups in total. The number of esters is 1. The highest BCUT2D eigenvalue weighted by Crippen LogP contribution is 2.32. The number of benzene rings is 1. The first kappa shape index (κ1) is 28.5. The van der Waals surface area contributed by atoms with Crippen molar-refractivity contribution >= 4 is 29.7 Å². The smallest absolute Gasteiger partial charge is 0.410 e. The van der Waals surface area contributed by atoms with Crippen molar-refractivity contribution < 1.29 is 19.1 Å². The fraction of sp³-hybridized carbons (Fsp3) is 0.481. The average Bonchev–Trinajstić information content (AvgIpc) is 2.81. The molecule has 1 amide bonds. The van der Waals surface area contributed by atoms with Crippen LogP contribution < -0.4 is 5.32 Å². The fourth-order valence-corrected chi connectivity index (χ4v) is 4.10. The van der Waals surface area contributed by atoms with Crippen LogP contribution in [0.25, 0.3) is 6.08 Å². The molecule has 8 heteroatoms. The maximum atomic E-state index is 12.5. The van der Waals surface area contributed by atoms with Gasteiger partial charge in [0.1, 0.15) is 5.60 Å². The van der Waals surface area contributed by atoms with Gasteiger partial charge in [-0.3, -0.25) is 9.69 Å². The summed E-state index contributed by atoms with van der Waals surface area (Å²) in [5, 5.41) is 4.22. The summed E-state index contributed by atoms with van der Waals surface area (Å²) < 4.78 is 9.66. The van der Waals surface area contributed by atoms with E-state index in [1.54, 1.807) is 4.90 Å². The highest BCUT2D eigenvalue weighted by atomic mass is 35.5. The van der Waals surface area contributed by atoms with Crippen LogP contribution >= 0.6 is 11.6 Å². The molecule has 1 aromatic carbocycles. The SMILES string of the molecule is C/C=C\c1cc(Cl)ccc1C(C1C=CC=CN1)N1CCN(C(=O)OC(C)(C)C)CC1.COC(C)=O. The van der Waals surface area contributed by atoms with E-state index >= 15 is 0 Å². The number of ether oxygens (including phenoxy) is 2. The number of nitrogens with zero attached hydrogens (tertiary/aromatic N) is 2. The molecule has 3 rings (SSSR count). The second-order valence-corrected chi connectivity index (χ2v) is 9.79. The molecule has 1 fully saturated rings. The number of methoxy groups -OCH3 is 1. The first-order chi connectivity index (χ1) is 16.6. The average molecular weight is 504 g/mol. The van der Waals surface area contributed by atoms with Gasteiger partial charge in [0.2, 0.25) is 0 Å². The lowest BCUT2D eigenvalue weighted by atomic mass is 9.91. The monoisotopic (exact) mass is 503 g/mol. The van der Waals surface area contributed by atoms with E-state index in [1.165, 1.54) is 19.6 Å². The number of halogens is 1. The van der Waals surface area contributed by atoms with Gasteiger partial charge in [0.15, 0.2) is 0 Å². The molecular weight excluding hydrogens is 466 g/mol. The highest BCUT2D eigenvalue weighted by Gasteiger charge is 2.33. The number of dihydropyridines is 1. The lowest BCUT2D eigenvalue weighted by molar-refractivity contribution is -0.137. The number of allylic oxidation sites excluding steroid dienone is 3. The summed E-state index contributed by atoms with van der Waals surface area (Å²) in [7, 11) is 1.35. The fourth-order valence-electron chi connectivity index (χ4n) is 3.92. The van der Waals surface area contributed by atoms with Crippen molar-refractivity contribution in [1.82, 2.24) is 15.1 Å². The topological polar surface area (TPSA) is 71.1 Å². The van der Waals surface area contributed by atoms with E-state index in [0.29, 0.717) is 13.1 Å². The predicted molar refractivity (Wildman–Crippen MR) is 141 cm³/mol. The van der Waals surface area contributed by atoms with Gasteiger partial charge in [0.05, 0.1) is 19.2 Å². The zero-order valence-corrected chi connectivity index (χ0v) is 22.3. The molecule has 35 heavy (non-hydrogen) atoms. The molecule has 2 atom stereocenters. The lowest BCUT2D eigenvalue weighted by Gasteiger charge is -2.42. The largest absolute Gasteiger partial charge is 0.469 e. The van der Waals surface area contributed by atoms with Crippen LogP contribution in [0.15, 0.2) is 48.7 Å². The van der Waals surface area contributed by atoms with Crippen LogP contribution in [0.1, 0.15) is 51.8 Å². The number of nitrogens with one attached hydrogen (secondary N) is 1. The van der Waals surface area contributed by atoms with Gasteiger partial charge in [-0.2, -0.15) is 0 Å². The molecule has 2 heterocycles. The minimum Gasteiger partial charge on any atom is -0.469 e. The van der Waals surface area contributed by atoms with E-state index in [0.717, 1.165) is 23.7 Å². The summed E-state index contributed by atoms with van der Waals surface area (Å²) in [6.45, 7) is 11.9. The maximum absolute atomic E-state index is 12.5. The summed E-state index contributed by atoms with van der Waals surface area (Å²) in [5.74, 6) is -0.245. The van der Waals surface area contributed by atoms with Crippen molar-refractivity contribution in [2.45, 2.75) is 52.3 Å². The molecule has 192 valence electrons. The molecule has 1 saturated heterocycles. The maximum Gasteiger partial charge on any atom is 0.410 e. The van der Waals surface area contributed by atoms with E-state index in [9.17, 15) is 9.59 Å². The summed E-state index contributed by atoms with van der Waals surface area (Å²) in [5.41, 5.74) is 1.86. The van der Waals surface area contributed by atoms with Gasteiger partial charge in [-0.15, -0.1) is 0 Å². The number of piperazine rings is 1. The van der Waals surface area contributed by atoms with Crippen molar-refractivity contribution in [2.75, 3.05) is 33.3 Å². The van der Waals surface area contributed by atoms with Gasteiger partial charge in [-0.1, -0.05) is 42.0 Å². The third kappa shape index (κ3) is 9.07. The number of amides is 1. The quantitative estimate of drug-likeness (QED) is 0.570. The Kier molecular flexibility index (Phi) is 10.9. The molecule has 2 aliphatic heterocycles. The standard InChI is InChI=1S/C24H32ClN3O2.C3H6O2/c1-5-8-18-17-19(25)10-11-20(18)22(21-9-6-7-12-26-21)27-13-15-28(16-14-27)23(29)30-24(2,3)4;1-3(4)5-2/h5-12,17,21-22,26H,13-16H2,1-4H3;1-2H3/b8-5-;. The van der Waals surface area contributed by atoms with Crippen LogP contribution in [0.5, 0.6) is 0 Å². The predicted octanol–water partition coefficient (Wildman–Crippen LogP) is 5.19. The van der Waals surface area contributed by atoms with Crippen molar-refractivity contribution in [3.05, 3.63) is 64.9 Å². The number of hydrogen-bond donors (Lipinski definition) is 1. The molecular formula is C27H38ClN3O4. The molecule has 0 spiro atoms. The Labute approximate surface area is 214 Å². The van der Waals surface area contributed by atoms with Gasteiger partial charge < -0.3 is 19.7 Å². The Morgan fingerprint density at radius 1 is 1.17 bits per heavy atom. The summed E-state index contributed by atoms with van der Waals surface area (Å²) in [6, 6.07) is 6.35. The van der Waals surface area contributed by atoms with E-state index in [-0.39, 0.29) is 24.1 Å². The van der Waals surface area contributed by atoms with Crippen LogP contribution in [0.4, 0.5) is 4.79 Å². The normalized spacial score (nSPS) is 18.9. The number of hydrogen-bond acceptors (Lipinski definition) is 6. The Morgan fingerprint density at radius 3 is 2.34 bits per heavy atom. The highest BCUT2D eigenvalue weighted by molar-refractivity contribution is 6.30. The molecule has 1 aromatic rings. The van der Waals surface area contributed by atoms with Gasteiger partial charge >= 0.3 is 12.1 Å². The molecule has 2 aliphatic rings. The molecule has 0 radical (unpaired) electrons. The van der Waals surface area contributed by atoms with Gasteiger partial charge in [0, 0.05) is 38.1 Å². The first-order valence-electron chi connectivity index (χ1n) is 11.8. The van der Waals surface area contributed by atoms with Crippen molar-refractivity contribution in [3.8, 4) is 0 Å². The Hall–Kier alpha value is -2.77. The van der Waals surface area contributed by atoms with E-state index < -0.39 is 5.60 Å². The number of carbonyl (C=O) groups is 2. The molecule has 0 saturated carbocycles. The van der Waals surface area contributed by atoms with Crippen LogP contribution in [-0.2, 0) is 14.3 Å². The minimum absolute atomic E-state index is 0.121. The van der Waals surface area contributed by atoms with Crippen LogP contribution in [-0.4, -0.2) is 66.8 Å². The number of rotatable bonds is 4. The van der Waals surface area contributed by atoms with Gasteiger partial charge in [-0.05, 0) is 63.2 Å². The van der Waals surface area contributed by atoms with E-state index in [2.05, 4.69) is 39.2 Å². The van der Waals surface area contributed by atoms with Crippen molar-refractivity contribution in [3.63, 3.8) is 0 Å². The molecule has 0 bridgehead atoms. The van der Waals surface area contributed by atoms with Crippen molar-refractivity contribution in [1.29, 1.82) is 0 Å². The molecule has 0 aromatic heterocycles. The summed E-state index contributed by atoms with van der Waals surface area (Å²) in [6.07, 6.45) is 12.2. The summed E-state index contributed by atoms with van der Waals surface area (Å²) >= 11 is 6.29. The third-order valence-electron chi connectivity index (χ3n) is 5.52. The second kappa shape index (κ2) is 13.4. The second-order valence-electron chi connectivity index (χ2n) is 9.35. The lowest BCUT2D eigenvalue weighted by Crippen LogP contribution is -2.53. The molecule has 0 aliphatic carbocycles. The third-order valence-corrected chi connectivity index (χ3v) is 5.75. The van der Waals surface area contributed by atoms with Crippen molar-refractivity contribution in [2.24, 2.45) is 0 Å². The van der Waals surface area contributed by atoms with Crippen LogP contribution in [0.3, 0.4) is 0 Å².